The van der Waals surface area contributed by atoms with Crippen molar-refractivity contribution in [3.63, 3.8) is 0 Å². The van der Waals surface area contributed by atoms with Gasteiger partial charge >= 0.3 is 0 Å². The Morgan fingerprint density at radius 1 is 0.388 bits per heavy atom. The third-order valence-electron chi connectivity index (χ3n) is 9.69. The van der Waals surface area contributed by atoms with Gasteiger partial charge < -0.3 is 4.42 Å². The standard InChI is InChI=1S/C46H28N2O/c1-2-13-32(14-3-1)44-37-19-8-9-22-41(37)47-46(48-44)38-21-11-23-42-43(38)40-28-39(35-17-6-7-18-36(35)45(40)49-42)31-26-24-30(25-27-31)34-20-10-15-29-12-4-5-16-33(29)34/h1-28H. The van der Waals surface area contributed by atoms with E-state index in [1.54, 1.807) is 0 Å². The summed E-state index contributed by atoms with van der Waals surface area (Å²) in [6.45, 7) is 0. The van der Waals surface area contributed by atoms with Gasteiger partial charge in [-0.2, -0.15) is 0 Å². The van der Waals surface area contributed by atoms with Gasteiger partial charge in [0.15, 0.2) is 5.82 Å². The maximum Gasteiger partial charge on any atom is 0.161 e. The molecule has 49 heavy (non-hydrogen) atoms. The summed E-state index contributed by atoms with van der Waals surface area (Å²) in [4.78, 5) is 10.3. The number of fused-ring (bicyclic) bond motifs is 7. The van der Waals surface area contributed by atoms with Gasteiger partial charge in [-0.05, 0) is 56.6 Å². The number of hydrogen-bond acceptors (Lipinski definition) is 3. The minimum absolute atomic E-state index is 0.681. The second kappa shape index (κ2) is 11.0. The molecule has 0 saturated carbocycles. The highest BCUT2D eigenvalue weighted by atomic mass is 16.3. The molecule has 8 aromatic carbocycles. The summed E-state index contributed by atoms with van der Waals surface area (Å²) in [5, 5.41) is 7.84. The van der Waals surface area contributed by atoms with Crippen LogP contribution in [0.1, 0.15) is 0 Å². The van der Waals surface area contributed by atoms with Crippen molar-refractivity contribution in [2.45, 2.75) is 0 Å². The molecule has 0 amide bonds. The molecule has 2 heterocycles. The first-order chi connectivity index (χ1) is 24.3. The van der Waals surface area contributed by atoms with Crippen LogP contribution < -0.4 is 0 Å². The summed E-state index contributed by atoms with van der Waals surface area (Å²) in [6, 6.07) is 59.7. The molecule has 3 nitrogen and oxygen atoms in total. The van der Waals surface area contributed by atoms with Crippen LogP contribution in [-0.2, 0) is 0 Å². The number of furan rings is 1. The number of nitrogens with zero attached hydrogens (tertiary/aromatic N) is 2. The molecule has 0 bridgehead atoms. The Balaban J connectivity index is 1.19. The average molecular weight is 625 g/mol. The van der Waals surface area contributed by atoms with Crippen LogP contribution >= 0.6 is 0 Å². The first kappa shape index (κ1) is 27.5. The van der Waals surface area contributed by atoms with Crippen molar-refractivity contribution in [1.29, 1.82) is 0 Å². The Morgan fingerprint density at radius 3 is 1.86 bits per heavy atom. The predicted molar refractivity (Wildman–Crippen MR) is 204 cm³/mol. The zero-order valence-electron chi connectivity index (χ0n) is 26.5. The lowest BCUT2D eigenvalue weighted by Gasteiger charge is -2.12. The van der Waals surface area contributed by atoms with Gasteiger partial charge in [0.1, 0.15) is 11.2 Å². The molecule has 0 aliphatic heterocycles. The van der Waals surface area contributed by atoms with Gasteiger partial charge in [-0.3, -0.25) is 0 Å². The second-order valence-corrected chi connectivity index (χ2v) is 12.5. The van der Waals surface area contributed by atoms with Crippen LogP contribution in [0.25, 0.3) is 99.3 Å². The fourth-order valence-corrected chi connectivity index (χ4v) is 7.39. The second-order valence-electron chi connectivity index (χ2n) is 12.5. The highest BCUT2D eigenvalue weighted by Crippen LogP contribution is 2.43. The molecule has 0 N–H and O–H groups in total. The van der Waals surface area contributed by atoms with E-state index in [1.165, 1.54) is 21.9 Å². The van der Waals surface area contributed by atoms with Crippen molar-refractivity contribution in [2.75, 3.05) is 0 Å². The van der Waals surface area contributed by atoms with E-state index in [0.717, 1.165) is 71.6 Å². The van der Waals surface area contributed by atoms with Crippen LogP contribution in [0, 0.1) is 0 Å². The molecule has 10 rings (SSSR count). The summed E-state index contributed by atoms with van der Waals surface area (Å²) in [5.41, 5.74) is 10.3. The lowest BCUT2D eigenvalue weighted by atomic mass is 9.92. The van der Waals surface area contributed by atoms with Crippen molar-refractivity contribution in [3.8, 4) is 44.9 Å². The molecule has 0 saturated heterocycles. The molecular formula is C46H28N2O. The zero-order valence-corrected chi connectivity index (χ0v) is 26.5. The third kappa shape index (κ3) is 4.44. The molecule has 0 radical (unpaired) electrons. The van der Waals surface area contributed by atoms with Crippen LogP contribution in [0.5, 0.6) is 0 Å². The smallest absolute Gasteiger partial charge is 0.161 e. The van der Waals surface area contributed by atoms with Crippen molar-refractivity contribution in [3.05, 3.63) is 170 Å². The molecule has 228 valence electrons. The highest BCUT2D eigenvalue weighted by molar-refractivity contribution is 6.22. The van der Waals surface area contributed by atoms with E-state index < -0.39 is 0 Å². The zero-order chi connectivity index (χ0) is 32.3. The Labute approximate surface area is 282 Å². The molecule has 0 aliphatic carbocycles. The number of benzene rings is 8. The summed E-state index contributed by atoms with van der Waals surface area (Å²) in [5.74, 6) is 0.681. The Bertz CT molecular complexity index is 2860. The topological polar surface area (TPSA) is 38.9 Å². The quantitative estimate of drug-likeness (QED) is 0.196. The van der Waals surface area contributed by atoms with Crippen molar-refractivity contribution in [1.82, 2.24) is 9.97 Å². The van der Waals surface area contributed by atoms with Crippen molar-refractivity contribution in [2.24, 2.45) is 0 Å². The van der Waals surface area contributed by atoms with Crippen LogP contribution in [-0.4, -0.2) is 9.97 Å². The summed E-state index contributed by atoms with van der Waals surface area (Å²) in [6.07, 6.45) is 0. The molecule has 0 aliphatic rings. The van der Waals surface area contributed by atoms with Crippen molar-refractivity contribution >= 4 is 54.4 Å². The molecule has 0 spiro atoms. The van der Waals surface area contributed by atoms with Crippen LogP contribution in [0.15, 0.2) is 174 Å². The number of aromatic nitrogens is 2. The van der Waals surface area contributed by atoms with E-state index in [0.29, 0.717) is 5.82 Å². The fraction of sp³-hybridized carbons (Fsp3) is 0. The van der Waals surface area contributed by atoms with Crippen LogP contribution in [0.2, 0.25) is 0 Å². The van der Waals surface area contributed by atoms with Gasteiger partial charge in [-0.25, -0.2) is 9.97 Å². The Morgan fingerprint density at radius 2 is 1.02 bits per heavy atom. The first-order valence-electron chi connectivity index (χ1n) is 16.6. The first-order valence-corrected chi connectivity index (χ1v) is 16.6. The maximum atomic E-state index is 6.68. The van der Waals surface area contributed by atoms with Crippen LogP contribution in [0.4, 0.5) is 0 Å². The molecule has 0 fully saturated rings. The predicted octanol–water partition coefficient (Wildman–Crippen LogP) is 12.5. The molecule has 10 aromatic rings. The molecular weight excluding hydrogens is 597 g/mol. The lowest BCUT2D eigenvalue weighted by molar-refractivity contribution is 0.673. The largest absolute Gasteiger partial charge is 0.455 e. The van der Waals surface area contributed by atoms with Crippen molar-refractivity contribution < 1.29 is 4.42 Å². The Hall–Kier alpha value is -6.58. The minimum Gasteiger partial charge on any atom is -0.455 e. The van der Waals surface area contributed by atoms with E-state index in [-0.39, 0.29) is 0 Å². The molecule has 0 unspecified atom stereocenters. The molecule has 2 aromatic heterocycles. The van der Waals surface area contributed by atoms with Gasteiger partial charge in [-0.1, -0.05) is 152 Å². The highest BCUT2D eigenvalue weighted by Gasteiger charge is 2.20. The summed E-state index contributed by atoms with van der Waals surface area (Å²) >= 11 is 0. The van der Waals surface area contributed by atoms with Gasteiger partial charge in [-0.15, -0.1) is 0 Å². The normalized spacial score (nSPS) is 11.7. The third-order valence-corrected chi connectivity index (χ3v) is 9.69. The van der Waals surface area contributed by atoms with Gasteiger partial charge in [0.05, 0.1) is 11.2 Å². The molecule has 3 heteroatoms. The van der Waals surface area contributed by atoms with E-state index in [2.05, 4.69) is 140 Å². The lowest BCUT2D eigenvalue weighted by Crippen LogP contribution is -1.95. The maximum absolute atomic E-state index is 6.68. The fourth-order valence-electron chi connectivity index (χ4n) is 7.39. The monoisotopic (exact) mass is 624 g/mol. The van der Waals surface area contributed by atoms with E-state index in [1.807, 2.05) is 30.3 Å². The van der Waals surface area contributed by atoms with Gasteiger partial charge in [0.2, 0.25) is 0 Å². The average Bonchev–Trinajstić information content (AvgIpc) is 3.56. The number of hydrogen-bond donors (Lipinski definition) is 0. The minimum atomic E-state index is 0.681. The van der Waals surface area contributed by atoms with E-state index >= 15 is 0 Å². The summed E-state index contributed by atoms with van der Waals surface area (Å²) < 4.78 is 6.68. The van der Waals surface area contributed by atoms with Gasteiger partial charge in [0.25, 0.3) is 0 Å². The summed E-state index contributed by atoms with van der Waals surface area (Å²) in [7, 11) is 0. The van der Waals surface area contributed by atoms with Crippen LogP contribution in [0.3, 0.4) is 0 Å². The van der Waals surface area contributed by atoms with Gasteiger partial charge in [0, 0.05) is 32.7 Å². The molecule has 0 atom stereocenters. The Kier molecular flexibility index (Phi) is 6.18. The van der Waals surface area contributed by atoms with E-state index in [9.17, 15) is 0 Å². The number of para-hydroxylation sites is 1. The number of rotatable bonds is 4. The SMILES string of the molecule is c1ccc(-c2nc(-c3cccc4oc5c6ccccc6c(-c6ccc(-c7cccc8ccccc78)cc6)cc5c34)nc3ccccc23)cc1. The van der Waals surface area contributed by atoms with E-state index in [4.69, 9.17) is 14.4 Å².